The smallest absolute Gasteiger partial charge is 0.0966 e. The third-order valence-corrected chi connectivity index (χ3v) is 10.6. The highest BCUT2D eigenvalue weighted by Gasteiger charge is 2.33. The number of rotatable bonds is 3. The minimum absolute atomic E-state index is 0.0595. The normalized spacial score (nSPS) is 18.3. The van der Waals surface area contributed by atoms with Gasteiger partial charge in [0.25, 0.3) is 0 Å². The van der Waals surface area contributed by atoms with E-state index in [4.69, 9.17) is 4.99 Å². The number of hydrogen-bond donors (Lipinski definition) is 0. The lowest BCUT2D eigenvalue weighted by Gasteiger charge is -2.38. The Hall–Kier alpha value is -4.93. The first kappa shape index (κ1) is 25.6. The molecule has 44 heavy (non-hydrogen) atoms. The van der Waals surface area contributed by atoms with E-state index in [2.05, 4.69) is 151 Å². The lowest BCUT2D eigenvalue weighted by atomic mass is 9.83. The van der Waals surface area contributed by atoms with Crippen molar-refractivity contribution in [2.45, 2.75) is 19.4 Å². The molecule has 0 radical (unpaired) electrons. The van der Waals surface area contributed by atoms with E-state index in [9.17, 15) is 0 Å². The molecule has 0 amide bonds. The Labute approximate surface area is 260 Å². The van der Waals surface area contributed by atoms with Crippen molar-refractivity contribution in [3.63, 3.8) is 0 Å². The molecule has 0 N–H and O–H groups in total. The van der Waals surface area contributed by atoms with E-state index in [0.717, 1.165) is 29.2 Å². The van der Waals surface area contributed by atoms with Crippen LogP contribution >= 0.6 is 11.3 Å². The number of fused-ring (bicyclic) bond motifs is 7. The van der Waals surface area contributed by atoms with Crippen LogP contribution in [0.15, 0.2) is 138 Å². The average molecular weight is 586 g/mol. The van der Waals surface area contributed by atoms with Crippen molar-refractivity contribution in [3.8, 4) is 5.69 Å². The first-order chi connectivity index (χ1) is 21.7. The molecule has 3 heterocycles. The number of nitrogens with zero attached hydrogens (tertiary/aromatic N) is 3. The lowest BCUT2D eigenvalue weighted by Crippen LogP contribution is -2.35. The summed E-state index contributed by atoms with van der Waals surface area (Å²) in [6.07, 6.45) is 7.77. The van der Waals surface area contributed by atoms with Gasteiger partial charge in [0, 0.05) is 43.7 Å². The molecule has 4 heteroatoms. The number of anilines is 1. The topological polar surface area (TPSA) is 20.5 Å². The van der Waals surface area contributed by atoms with Gasteiger partial charge in [-0.2, -0.15) is 0 Å². The Morgan fingerprint density at radius 2 is 1.52 bits per heavy atom. The van der Waals surface area contributed by atoms with E-state index in [1.54, 1.807) is 0 Å². The number of hydrogen-bond acceptors (Lipinski definition) is 3. The van der Waals surface area contributed by atoms with E-state index >= 15 is 0 Å². The third-order valence-electron chi connectivity index (χ3n) is 9.50. The second-order valence-electron chi connectivity index (χ2n) is 12.1. The maximum Gasteiger partial charge on any atom is 0.0966 e. The Bertz CT molecular complexity index is 2350. The van der Waals surface area contributed by atoms with E-state index < -0.39 is 0 Å². The predicted octanol–water partition coefficient (Wildman–Crippen LogP) is 10.9. The van der Waals surface area contributed by atoms with Crippen LogP contribution in [0.1, 0.15) is 24.9 Å². The summed E-state index contributed by atoms with van der Waals surface area (Å²) < 4.78 is 5.08. The van der Waals surface area contributed by atoms with Gasteiger partial charge in [-0.05, 0) is 65.9 Å². The van der Waals surface area contributed by atoms with Gasteiger partial charge in [0.1, 0.15) is 0 Å². The van der Waals surface area contributed by atoms with Gasteiger partial charge in [-0.1, -0.05) is 91.9 Å². The lowest BCUT2D eigenvalue weighted by molar-refractivity contribution is 0.699. The number of allylic oxidation sites excluding steroid dienone is 3. The molecule has 3 nitrogen and oxygen atoms in total. The average Bonchev–Trinajstić information content (AvgIpc) is 3.59. The van der Waals surface area contributed by atoms with Gasteiger partial charge in [-0.15, -0.1) is 11.3 Å². The molecule has 0 spiro atoms. The molecule has 0 saturated carbocycles. The molecule has 9 rings (SSSR count). The fourth-order valence-corrected chi connectivity index (χ4v) is 8.46. The van der Waals surface area contributed by atoms with Crippen molar-refractivity contribution in [2.24, 2.45) is 10.9 Å². The Morgan fingerprint density at radius 3 is 2.39 bits per heavy atom. The summed E-state index contributed by atoms with van der Waals surface area (Å²) in [5.41, 5.74) is 9.49. The summed E-state index contributed by atoms with van der Waals surface area (Å²) in [4.78, 5) is 7.91. The van der Waals surface area contributed by atoms with Crippen LogP contribution in [-0.4, -0.2) is 17.3 Å². The Balaban J connectivity index is 1.28. The van der Waals surface area contributed by atoms with E-state index in [-0.39, 0.29) is 6.04 Å². The van der Waals surface area contributed by atoms with E-state index in [0.29, 0.717) is 5.92 Å². The van der Waals surface area contributed by atoms with E-state index in [1.807, 2.05) is 11.3 Å². The highest BCUT2D eigenvalue weighted by atomic mass is 32.1. The van der Waals surface area contributed by atoms with Crippen molar-refractivity contribution in [1.82, 2.24) is 4.57 Å². The largest absolute Gasteiger partial charge is 0.360 e. The fourth-order valence-electron chi connectivity index (χ4n) is 7.34. The van der Waals surface area contributed by atoms with Crippen LogP contribution in [0.5, 0.6) is 0 Å². The molecule has 1 aliphatic heterocycles. The summed E-state index contributed by atoms with van der Waals surface area (Å²) in [6.45, 7) is 2.32. The molecule has 212 valence electrons. The maximum absolute atomic E-state index is 5.50. The molecule has 1 aliphatic carbocycles. The fraction of sp³-hybridized carbons (Fsp3) is 0.125. The second-order valence-corrected chi connectivity index (χ2v) is 13.2. The van der Waals surface area contributed by atoms with Gasteiger partial charge in [-0.3, -0.25) is 0 Å². The monoisotopic (exact) mass is 585 g/mol. The van der Waals surface area contributed by atoms with Crippen molar-refractivity contribution in [2.75, 3.05) is 11.9 Å². The second kappa shape index (κ2) is 9.80. The first-order valence-corrected chi connectivity index (χ1v) is 16.2. The van der Waals surface area contributed by atoms with Crippen LogP contribution < -0.4 is 4.90 Å². The molecule has 2 atom stereocenters. The van der Waals surface area contributed by atoms with Crippen LogP contribution in [0.4, 0.5) is 11.4 Å². The molecular weight excluding hydrogens is 555 g/mol. The van der Waals surface area contributed by atoms with E-state index in [1.165, 1.54) is 53.1 Å². The number of thiophene rings is 1. The Kier molecular flexibility index (Phi) is 5.69. The molecule has 0 saturated heterocycles. The molecule has 2 unspecified atom stereocenters. The van der Waals surface area contributed by atoms with Crippen LogP contribution in [0.2, 0.25) is 0 Å². The van der Waals surface area contributed by atoms with Crippen molar-refractivity contribution in [1.29, 1.82) is 0 Å². The maximum atomic E-state index is 5.50. The van der Waals surface area contributed by atoms with Gasteiger partial charge < -0.3 is 9.47 Å². The zero-order valence-electron chi connectivity index (χ0n) is 24.7. The standard InChI is InChI=1S/C40H31N3S/c1-25-12-6-7-15-28(25)39-40(26-13-4-3-5-14-26)42(2)35-21-20-27(22-33(35)41-39)43-34-18-10-8-16-29(34)31-23-32-30-17-9-11-19-37(30)44-38(32)24-36(31)43/h3-11,13-25,40H,12H2,1-2H3. The molecule has 0 bridgehead atoms. The van der Waals surface area contributed by atoms with Crippen molar-refractivity contribution < 1.29 is 0 Å². The Morgan fingerprint density at radius 1 is 0.727 bits per heavy atom. The highest BCUT2D eigenvalue weighted by molar-refractivity contribution is 7.25. The summed E-state index contributed by atoms with van der Waals surface area (Å²) in [6, 6.07) is 40.0. The first-order valence-electron chi connectivity index (χ1n) is 15.4. The number of aliphatic imine (C=N–C) groups is 1. The SMILES string of the molecule is CC1CC=CC=C1C1=Nc2cc(-n3c4ccccc4c4cc5c(cc43)sc3ccccc35)ccc2N(C)C1c1ccccc1. The van der Waals surface area contributed by atoms with Crippen molar-refractivity contribution in [3.05, 3.63) is 139 Å². The third kappa shape index (κ3) is 3.77. The van der Waals surface area contributed by atoms with Crippen LogP contribution in [-0.2, 0) is 0 Å². The van der Waals surface area contributed by atoms with Crippen LogP contribution in [0.25, 0.3) is 47.7 Å². The summed E-state index contributed by atoms with van der Waals surface area (Å²) >= 11 is 1.87. The molecule has 2 aromatic heterocycles. The molecule has 5 aromatic carbocycles. The summed E-state index contributed by atoms with van der Waals surface area (Å²) in [7, 11) is 2.22. The quantitative estimate of drug-likeness (QED) is 0.202. The number of benzene rings is 5. The van der Waals surface area contributed by atoms with Gasteiger partial charge in [0.2, 0.25) is 0 Å². The van der Waals surface area contributed by atoms with Gasteiger partial charge >= 0.3 is 0 Å². The zero-order valence-corrected chi connectivity index (χ0v) is 25.6. The van der Waals surface area contributed by atoms with Crippen LogP contribution in [0, 0.1) is 5.92 Å². The summed E-state index contributed by atoms with van der Waals surface area (Å²) in [5.74, 6) is 0.421. The summed E-state index contributed by atoms with van der Waals surface area (Å²) in [5, 5.41) is 5.22. The van der Waals surface area contributed by atoms with Gasteiger partial charge in [0.05, 0.1) is 34.2 Å². The molecule has 7 aromatic rings. The van der Waals surface area contributed by atoms with Gasteiger partial charge in [0.15, 0.2) is 0 Å². The minimum atomic E-state index is 0.0595. The highest BCUT2D eigenvalue weighted by Crippen LogP contribution is 2.45. The predicted molar refractivity (Wildman–Crippen MR) is 189 cm³/mol. The molecule has 0 fully saturated rings. The minimum Gasteiger partial charge on any atom is -0.360 e. The number of aromatic nitrogens is 1. The zero-order chi connectivity index (χ0) is 29.4. The van der Waals surface area contributed by atoms with Crippen LogP contribution in [0.3, 0.4) is 0 Å². The number of para-hydroxylation sites is 1. The van der Waals surface area contributed by atoms with Gasteiger partial charge in [-0.25, -0.2) is 4.99 Å². The molecular formula is C40H31N3S. The van der Waals surface area contributed by atoms with Crippen molar-refractivity contribution >= 4 is 70.4 Å². The molecule has 2 aliphatic rings.